The summed E-state index contributed by atoms with van der Waals surface area (Å²) < 4.78 is 0. The third-order valence-corrected chi connectivity index (χ3v) is 4.94. The molecule has 1 aromatic rings. The van der Waals surface area contributed by atoms with Crippen LogP contribution >= 0.6 is 0 Å². The summed E-state index contributed by atoms with van der Waals surface area (Å²) in [5.74, 6) is 0.137. The Balaban J connectivity index is 1.82. The number of piperidine rings is 1. The van der Waals surface area contributed by atoms with Crippen molar-refractivity contribution in [2.45, 2.75) is 45.2 Å². The number of aryl methyl sites for hydroxylation is 1. The second-order valence-electron chi connectivity index (χ2n) is 6.53. The van der Waals surface area contributed by atoms with Crippen LogP contribution in [0.3, 0.4) is 0 Å². The Hall–Kier alpha value is -1.55. The summed E-state index contributed by atoms with van der Waals surface area (Å²) in [6.07, 6.45) is 3.80. The molecule has 0 radical (unpaired) electrons. The highest BCUT2D eigenvalue weighted by molar-refractivity contribution is 5.96. The van der Waals surface area contributed by atoms with E-state index in [9.17, 15) is 4.79 Å². The van der Waals surface area contributed by atoms with Gasteiger partial charge in [0.15, 0.2) is 0 Å². The number of nitrogens with zero attached hydrogens (tertiary/aromatic N) is 2. The van der Waals surface area contributed by atoms with Crippen LogP contribution in [-0.4, -0.2) is 47.4 Å². The number of nitrogens with two attached hydrogens (primary N) is 1. The van der Waals surface area contributed by atoms with Gasteiger partial charge >= 0.3 is 0 Å². The maximum Gasteiger partial charge on any atom is 0.254 e. The summed E-state index contributed by atoms with van der Waals surface area (Å²) in [5.41, 5.74) is 8.28. The van der Waals surface area contributed by atoms with Crippen LogP contribution in [-0.2, 0) is 0 Å². The third-order valence-electron chi connectivity index (χ3n) is 4.94. The molecule has 0 saturated carbocycles. The van der Waals surface area contributed by atoms with E-state index in [1.165, 1.54) is 25.8 Å². The lowest BCUT2D eigenvalue weighted by atomic mass is 9.96. The first-order valence-electron chi connectivity index (χ1n) is 7.97. The van der Waals surface area contributed by atoms with E-state index in [4.69, 9.17) is 5.73 Å². The highest BCUT2D eigenvalue weighted by Crippen LogP contribution is 2.26. The fraction of sp³-hybridized carbons (Fsp3) is 0.588. The minimum absolute atomic E-state index is 0.137. The molecule has 2 N–H and O–H groups in total. The summed E-state index contributed by atoms with van der Waals surface area (Å²) in [5, 5.41) is 0. The Kier molecular flexibility index (Phi) is 3.89. The molecule has 0 aliphatic carbocycles. The van der Waals surface area contributed by atoms with Gasteiger partial charge in [0.2, 0.25) is 0 Å². The van der Waals surface area contributed by atoms with Gasteiger partial charge in [0.1, 0.15) is 0 Å². The van der Waals surface area contributed by atoms with Gasteiger partial charge in [-0.15, -0.1) is 0 Å². The molecular formula is C17H25N3O. The van der Waals surface area contributed by atoms with E-state index in [-0.39, 0.29) is 11.9 Å². The van der Waals surface area contributed by atoms with Gasteiger partial charge in [0.05, 0.1) is 0 Å². The number of carbonyl (C=O) groups excluding carboxylic acids is 1. The lowest BCUT2D eigenvalue weighted by Gasteiger charge is -2.47. The minimum atomic E-state index is 0.137. The van der Waals surface area contributed by atoms with Gasteiger partial charge in [-0.3, -0.25) is 9.69 Å². The second-order valence-corrected chi connectivity index (χ2v) is 6.53. The highest BCUT2D eigenvalue weighted by atomic mass is 16.2. The van der Waals surface area contributed by atoms with Crippen LogP contribution in [0.15, 0.2) is 18.2 Å². The molecule has 3 rings (SSSR count). The van der Waals surface area contributed by atoms with Gasteiger partial charge in [0, 0.05) is 36.4 Å². The number of hydrogen-bond donors (Lipinski definition) is 1. The number of nitrogen functional groups attached to an aromatic ring is 1. The topological polar surface area (TPSA) is 49.6 Å². The summed E-state index contributed by atoms with van der Waals surface area (Å²) >= 11 is 0. The molecule has 1 amide bonds. The predicted molar refractivity (Wildman–Crippen MR) is 85.3 cm³/mol. The van der Waals surface area contributed by atoms with Crippen LogP contribution in [0.2, 0.25) is 0 Å². The summed E-state index contributed by atoms with van der Waals surface area (Å²) in [4.78, 5) is 17.5. The first kappa shape index (κ1) is 14.4. The molecule has 2 aliphatic heterocycles. The van der Waals surface area contributed by atoms with Crippen LogP contribution < -0.4 is 5.73 Å². The smallest absolute Gasteiger partial charge is 0.254 e. The van der Waals surface area contributed by atoms with Gasteiger partial charge < -0.3 is 10.6 Å². The van der Waals surface area contributed by atoms with E-state index < -0.39 is 0 Å². The molecule has 0 aromatic heterocycles. The zero-order valence-electron chi connectivity index (χ0n) is 13.0. The molecule has 2 saturated heterocycles. The van der Waals surface area contributed by atoms with E-state index in [0.717, 1.165) is 24.2 Å². The van der Waals surface area contributed by atoms with Crippen molar-refractivity contribution in [3.63, 3.8) is 0 Å². The van der Waals surface area contributed by atoms with Crippen LogP contribution in [0.25, 0.3) is 0 Å². The van der Waals surface area contributed by atoms with Gasteiger partial charge in [0.25, 0.3) is 5.91 Å². The van der Waals surface area contributed by atoms with Gasteiger partial charge in [-0.05, 0) is 50.9 Å². The Morgan fingerprint density at radius 1 is 1.29 bits per heavy atom. The van der Waals surface area contributed by atoms with E-state index in [0.29, 0.717) is 11.7 Å². The summed E-state index contributed by atoms with van der Waals surface area (Å²) in [6, 6.07) is 6.42. The van der Waals surface area contributed by atoms with Crippen molar-refractivity contribution < 1.29 is 4.79 Å². The zero-order chi connectivity index (χ0) is 15.0. The SMILES string of the molecule is Cc1ccc(N)cc1C(=O)N1CC2CCCCN2CC1C. The highest BCUT2D eigenvalue weighted by Gasteiger charge is 2.35. The van der Waals surface area contributed by atoms with Crippen molar-refractivity contribution in [2.24, 2.45) is 0 Å². The summed E-state index contributed by atoms with van der Waals surface area (Å²) in [7, 11) is 0. The van der Waals surface area contributed by atoms with Crippen molar-refractivity contribution >= 4 is 11.6 Å². The van der Waals surface area contributed by atoms with Crippen molar-refractivity contribution in [3.8, 4) is 0 Å². The van der Waals surface area contributed by atoms with Crippen LogP contribution in [0.4, 0.5) is 5.69 Å². The van der Waals surface area contributed by atoms with Crippen molar-refractivity contribution in [1.82, 2.24) is 9.80 Å². The van der Waals surface area contributed by atoms with Crippen LogP contribution in [0.5, 0.6) is 0 Å². The van der Waals surface area contributed by atoms with Crippen molar-refractivity contribution in [1.29, 1.82) is 0 Å². The molecule has 4 nitrogen and oxygen atoms in total. The standard InChI is InChI=1S/C17H25N3O/c1-12-6-7-14(18)9-16(12)17(21)20-11-15-5-3-4-8-19(15)10-13(20)2/h6-7,9,13,15H,3-5,8,10-11,18H2,1-2H3. The molecule has 2 aliphatic rings. The molecule has 4 heteroatoms. The Labute approximate surface area is 126 Å². The number of amides is 1. The maximum absolute atomic E-state index is 12.9. The molecular weight excluding hydrogens is 262 g/mol. The van der Waals surface area contributed by atoms with E-state index in [2.05, 4.69) is 11.8 Å². The molecule has 2 heterocycles. The lowest BCUT2D eigenvalue weighted by molar-refractivity contribution is 0.0151. The third kappa shape index (κ3) is 2.77. The first-order chi connectivity index (χ1) is 10.1. The first-order valence-corrected chi connectivity index (χ1v) is 7.97. The number of carbonyl (C=O) groups is 1. The fourth-order valence-corrected chi connectivity index (χ4v) is 3.66. The second kappa shape index (κ2) is 5.68. The van der Waals surface area contributed by atoms with E-state index in [1.54, 1.807) is 0 Å². The number of fused-ring (bicyclic) bond motifs is 1. The number of benzene rings is 1. The quantitative estimate of drug-likeness (QED) is 0.806. The normalized spacial score (nSPS) is 26.5. The zero-order valence-corrected chi connectivity index (χ0v) is 13.0. The van der Waals surface area contributed by atoms with Gasteiger partial charge in [-0.25, -0.2) is 0 Å². The lowest BCUT2D eigenvalue weighted by Crippen LogP contribution is -2.60. The number of rotatable bonds is 1. The Morgan fingerprint density at radius 3 is 2.90 bits per heavy atom. The average Bonchev–Trinajstić information content (AvgIpc) is 2.48. The summed E-state index contributed by atoms with van der Waals surface area (Å²) in [6.45, 7) is 7.18. The average molecular weight is 287 g/mol. The molecule has 2 unspecified atom stereocenters. The fourth-order valence-electron chi connectivity index (χ4n) is 3.66. The Bertz CT molecular complexity index is 543. The molecule has 2 fully saturated rings. The maximum atomic E-state index is 12.9. The number of piperazine rings is 1. The van der Waals surface area contributed by atoms with E-state index in [1.807, 2.05) is 30.0 Å². The van der Waals surface area contributed by atoms with Gasteiger partial charge in [-0.1, -0.05) is 12.5 Å². The Morgan fingerprint density at radius 2 is 2.10 bits per heavy atom. The van der Waals surface area contributed by atoms with Crippen LogP contribution in [0.1, 0.15) is 42.1 Å². The largest absolute Gasteiger partial charge is 0.399 e. The molecule has 0 bridgehead atoms. The van der Waals surface area contributed by atoms with Crippen molar-refractivity contribution in [2.75, 3.05) is 25.4 Å². The van der Waals surface area contributed by atoms with Gasteiger partial charge in [-0.2, -0.15) is 0 Å². The minimum Gasteiger partial charge on any atom is -0.399 e. The molecule has 114 valence electrons. The molecule has 1 aromatic carbocycles. The monoisotopic (exact) mass is 287 g/mol. The van der Waals surface area contributed by atoms with Crippen LogP contribution in [0, 0.1) is 6.92 Å². The predicted octanol–water partition coefficient (Wildman–Crippen LogP) is 2.28. The number of hydrogen-bond acceptors (Lipinski definition) is 3. The number of anilines is 1. The van der Waals surface area contributed by atoms with E-state index >= 15 is 0 Å². The molecule has 2 atom stereocenters. The molecule has 21 heavy (non-hydrogen) atoms. The van der Waals surface area contributed by atoms with Crippen molar-refractivity contribution in [3.05, 3.63) is 29.3 Å². The molecule has 0 spiro atoms.